The van der Waals surface area contributed by atoms with Gasteiger partial charge in [0.25, 0.3) is 5.56 Å². The first kappa shape index (κ1) is 27.3. The van der Waals surface area contributed by atoms with Crippen molar-refractivity contribution in [3.8, 4) is 11.1 Å². The van der Waals surface area contributed by atoms with Gasteiger partial charge in [0.2, 0.25) is 5.76 Å². The molecule has 3 N–H and O–H groups in total. The molecule has 3 rings (SSSR count). The Labute approximate surface area is 216 Å². The number of allylic oxidation sites excluding steroid dienone is 1. The van der Waals surface area contributed by atoms with E-state index in [0.717, 1.165) is 22.8 Å². The minimum atomic E-state index is -1.71. The van der Waals surface area contributed by atoms with Crippen LogP contribution < -0.4 is 11.0 Å². The highest BCUT2D eigenvalue weighted by Crippen LogP contribution is 2.23. The second-order valence-electron chi connectivity index (χ2n) is 7.88. The Kier molecular flexibility index (Phi) is 9.33. The van der Waals surface area contributed by atoms with Crippen molar-refractivity contribution in [2.45, 2.75) is 12.6 Å². The maximum Gasteiger partial charge on any atom is 0.336 e. The van der Waals surface area contributed by atoms with Gasteiger partial charge in [-0.05, 0) is 28.8 Å². The molecule has 3 aromatic rings. The standard InChI is InChI=1S/C26H24ClN3O7/c1-3-16(2)22(32)15-36-26(35)21(31)14-30(28-25(34)23-12-24(33)29-37-23)13-17-7-9-18(10-8-17)19-5-4-6-20(27)11-19/h3-12,21,31H,1-2,13-15H2,(H,28,34)(H,29,33). The van der Waals surface area contributed by atoms with Gasteiger partial charge in [0, 0.05) is 17.1 Å². The predicted octanol–water partition coefficient (Wildman–Crippen LogP) is 2.65. The molecular formula is C26H24ClN3O7. The van der Waals surface area contributed by atoms with Gasteiger partial charge in [-0.1, -0.05) is 67.2 Å². The molecule has 0 saturated heterocycles. The average molecular weight is 526 g/mol. The fraction of sp³-hybridized carbons (Fsp3) is 0.154. The summed E-state index contributed by atoms with van der Waals surface area (Å²) in [5.41, 5.74) is 4.49. The number of aromatic nitrogens is 1. The van der Waals surface area contributed by atoms with Gasteiger partial charge in [0.15, 0.2) is 18.5 Å². The summed E-state index contributed by atoms with van der Waals surface area (Å²) in [6.45, 7) is 5.92. The summed E-state index contributed by atoms with van der Waals surface area (Å²) in [7, 11) is 0. The van der Waals surface area contributed by atoms with E-state index in [4.69, 9.17) is 20.9 Å². The molecule has 0 spiro atoms. The van der Waals surface area contributed by atoms with E-state index >= 15 is 0 Å². The lowest BCUT2D eigenvalue weighted by atomic mass is 10.0. The van der Waals surface area contributed by atoms with Crippen molar-refractivity contribution in [3.05, 3.63) is 106 Å². The van der Waals surface area contributed by atoms with Crippen LogP contribution in [0.1, 0.15) is 16.1 Å². The van der Waals surface area contributed by atoms with Gasteiger partial charge >= 0.3 is 11.9 Å². The number of rotatable bonds is 12. The first-order valence-electron chi connectivity index (χ1n) is 10.9. The number of carbonyl (C=O) groups excluding carboxylic acids is 3. The number of hydrazine groups is 1. The molecule has 0 radical (unpaired) electrons. The van der Waals surface area contributed by atoms with E-state index in [1.807, 2.05) is 35.5 Å². The smallest absolute Gasteiger partial charge is 0.336 e. The predicted molar refractivity (Wildman–Crippen MR) is 135 cm³/mol. The van der Waals surface area contributed by atoms with E-state index in [0.29, 0.717) is 5.02 Å². The fourth-order valence-corrected chi connectivity index (χ4v) is 3.35. The monoisotopic (exact) mass is 525 g/mol. The van der Waals surface area contributed by atoms with E-state index in [-0.39, 0.29) is 17.9 Å². The summed E-state index contributed by atoms with van der Waals surface area (Å²) in [4.78, 5) is 47.9. The number of hydrogen-bond donors (Lipinski definition) is 3. The Balaban J connectivity index is 1.72. The van der Waals surface area contributed by atoms with Crippen molar-refractivity contribution < 1.29 is 28.8 Å². The molecule has 0 bridgehead atoms. The number of ketones is 1. The zero-order valence-corrected chi connectivity index (χ0v) is 20.4. The van der Waals surface area contributed by atoms with Crippen LogP contribution in [0.5, 0.6) is 0 Å². The third-order valence-corrected chi connectivity index (χ3v) is 5.34. The van der Waals surface area contributed by atoms with Crippen LogP contribution in [0.15, 0.2) is 88.7 Å². The van der Waals surface area contributed by atoms with E-state index in [2.05, 4.69) is 18.6 Å². The summed E-state index contributed by atoms with van der Waals surface area (Å²) >= 11 is 6.07. The molecule has 2 aromatic carbocycles. The minimum absolute atomic E-state index is 0.0606. The van der Waals surface area contributed by atoms with Gasteiger partial charge in [0.05, 0.1) is 12.6 Å². The topological polar surface area (TPSA) is 142 Å². The third kappa shape index (κ3) is 7.87. The van der Waals surface area contributed by atoms with Gasteiger partial charge in [-0.2, -0.15) is 5.16 Å². The van der Waals surface area contributed by atoms with Crippen LogP contribution >= 0.6 is 11.6 Å². The third-order valence-electron chi connectivity index (χ3n) is 5.11. The van der Waals surface area contributed by atoms with Gasteiger partial charge in [-0.15, -0.1) is 0 Å². The molecule has 1 unspecified atom stereocenters. The summed E-state index contributed by atoms with van der Waals surface area (Å²) in [6, 6.07) is 15.6. The van der Waals surface area contributed by atoms with E-state index in [1.165, 1.54) is 11.1 Å². The van der Waals surface area contributed by atoms with Crippen LogP contribution in [0.25, 0.3) is 11.1 Å². The first-order valence-corrected chi connectivity index (χ1v) is 11.3. The highest BCUT2D eigenvalue weighted by Gasteiger charge is 2.24. The van der Waals surface area contributed by atoms with Crippen molar-refractivity contribution in [1.82, 2.24) is 15.6 Å². The number of benzene rings is 2. The molecule has 0 aliphatic carbocycles. The Morgan fingerprint density at radius 3 is 2.51 bits per heavy atom. The molecule has 1 amide bonds. The quantitative estimate of drug-likeness (QED) is 0.142. The number of nitrogens with one attached hydrogen (secondary N) is 2. The summed E-state index contributed by atoms with van der Waals surface area (Å²) in [5, 5.41) is 14.2. The number of nitrogens with zero attached hydrogens (tertiary/aromatic N) is 1. The number of esters is 1. The molecule has 1 atom stereocenters. The lowest BCUT2D eigenvalue weighted by molar-refractivity contribution is -0.157. The Morgan fingerprint density at radius 2 is 1.89 bits per heavy atom. The zero-order valence-electron chi connectivity index (χ0n) is 19.6. The number of halogens is 1. The van der Waals surface area contributed by atoms with Crippen LogP contribution in [0.3, 0.4) is 0 Å². The second kappa shape index (κ2) is 12.6. The molecule has 0 saturated carbocycles. The number of amides is 1. The van der Waals surface area contributed by atoms with Crippen molar-refractivity contribution in [1.29, 1.82) is 0 Å². The van der Waals surface area contributed by atoms with Crippen LogP contribution in [0, 0.1) is 0 Å². The molecular weight excluding hydrogens is 502 g/mol. The van der Waals surface area contributed by atoms with Gasteiger partial charge in [-0.3, -0.25) is 19.8 Å². The van der Waals surface area contributed by atoms with Gasteiger partial charge < -0.3 is 14.4 Å². The molecule has 0 aliphatic rings. The Morgan fingerprint density at radius 1 is 1.16 bits per heavy atom. The van der Waals surface area contributed by atoms with Crippen LogP contribution in [-0.2, 0) is 20.9 Å². The van der Waals surface area contributed by atoms with Crippen molar-refractivity contribution in [2.24, 2.45) is 0 Å². The molecule has 11 heteroatoms. The van der Waals surface area contributed by atoms with Crippen LogP contribution in [0.2, 0.25) is 5.02 Å². The van der Waals surface area contributed by atoms with Crippen LogP contribution in [0.4, 0.5) is 0 Å². The lowest BCUT2D eigenvalue weighted by Gasteiger charge is -2.24. The van der Waals surface area contributed by atoms with E-state index < -0.39 is 42.5 Å². The number of hydrogen-bond acceptors (Lipinski definition) is 8. The second-order valence-corrected chi connectivity index (χ2v) is 8.32. The number of Topliss-reactive ketones (excluding diaryl/α,β-unsaturated/α-hetero) is 1. The molecule has 0 fully saturated rings. The SMILES string of the molecule is C=CC(=C)C(=O)COC(=O)C(O)CN(Cc1ccc(-c2cccc(Cl)c2)cc1)NC(=O)c1cc(=O)[nH]o1. The van der Waals surface area contributed by atoms with Gasteiger partial charge in [0.1, 0.15) is 0 Å². The summed E-state index contributed by atoms with van der Waals surface area (Å²) < 4.78 is 9.65. The average Bonchev–Trinajstić information content (AvgIpc) is 3.33. The first-order chi connectivity index (χ1) is 17.7. The number of carbonyl (C=O) groups is 3. The number of aromatic amines is 1. The van der Waals surface area contributed by atoms with Crippen molar-refractivity contribution >= 4 is 29.3 Å². The van der Waals surface area contributed by atoms with Crippen molar-refractivity contribution in [2.75, 3.05) is 13.2 Å². The maximum atomic E-state index is 12.5. The summed E-state index contributed by atoms with van der Waals surface area (Å²) in [6.07, 6.45) is -0.491. The Bertz CT molecular complexity index is 1360. The Hall–Kier alpha value is -4.25. The highest BCUT2D eigenvalue weighted by molar-refractivity contribution is 6.30. The summed E-state index contributed by atoms with van der Waals surface area (Å²) in [5.74, 6) is -2.72. The minimum Gasteiger partial charge on any atom is -0.455 e. The molecule has 0 aliphatic heterocycles. The van der Waals surface area contributed by atoms with Crippen LogP contribution in [-0.4, -0.2) is 52.2 Å². The fourth-order valence-electron chi connectivity index (χ4n) is 3.16. The number of aliphatic hydroxyl groups is 1. The van der Waals surface area contributed by atoms with E-state index in [1.54, 1.807) is 18.2 Å². The number of ether oxygens (including phenoxy) is 1. The maximum absolute atomic E-state index is 12.5. The zero-order chi connectivity index (χ0) is 26.9. The molecule has 37 heavy (non-hydrogen) atoms. The largest absolute Gasteiger partial charge is 0.455 e. The molecule has 192 valence electrons. The normalized spacial score (nSPS) is 11.5. The van der Waals surface area contributed by atoms with E-state index in [9.17, 15) is 24.3 Å². The molecule has 10 nitrogen and oxygen atoms in total. The number of H-pyrrole nitrogens is 1. The number of aliphatic hydroxyl groups excluding tert-OH is 1. The molecule has 1 heterocycles. The lowest BCUT2D eigenvalue weighted by Crippen LogP contribution is -2.47. The highest BCUT2D eigenvalue weighted by atomic mass is 35.5. The van der Waals surface area contributed by atoms with Crippen molar-refractivity contribution in [3.63, 3.8) is 0 Å². The van der Waals surface area contributed by atoms with Gasteiger partial charge in [-0.25, -0.2) is 9.80 Å². The molecule has 1 aromatic heterocycles.